The number of anilines is 1. The van der Waals surface area contributed by atoms with Gasteiger partial charge in [0.05, 0.1) is 28.3 Å². The van der Waals surface area contributed by atoms with E-state index in [0.717, 1.165) is 18.2 Å². The first-order chi connectivity index (χ1) is 18.5. The molecule has 1 fully saturated rings. The van der Waals surface area contributed by atoms with Gasteiger partial charge in [0.15, 0.2) is 0 Å². The van der Waals surface area contributed by atoms with Crippen LogP contribution in [-0.2, 0) is 6.18 Å². The molecule has 206 valence electrons. The van der Waals surface area contributed by atoms with Crippen LogP contribution in [0.25, 0.3) is 11.3 Å². The molecular formula is C28H28ClF3N4O3. The van der Waals surface area contributed by atoms with Crippen molar-refractivity contribution in [1.82, 2.24) is 9.88 Å². The third-order valence-electron chi connectivity index (χ3n) is 6.68. The van der Waals surface area contributed by atoms with Crippen molar-refractivity contribution >= 4 is 29.1 Å². The summed E-state index contributed by atoms with van der Waals surface area (Å²) in [4.78, 5) is 33.7. The van der Waals surface area contributed by atoms with Gasteiger partial charge in [0.25, 0.3) is 11.8 Å². The Morgan fingerprint density at radius 1 is 1.10 bits per heavy atom. The topological polar surface area (TPSA) is 88.8 Å². The highest BCUT2D eigenvalue weighted by atomic mass is 35.5. The molecule has 1 aromatic heterocycles. The number of halogens is 4. The van der Waals surface area contributed by atoms with Gasteiger partial charge in [-0.15, -0.1) is 0 Å². The molecule has 2 aromatic carbocycles. The molecule has 0 radical (unpaired) electrons. The second kappa shape index (κ2) is 11.5. The van der Waals surface area contributed by atoms with Gasteiger partial charge >= 0.3 is 6.18 Å². The van der Waals surface area contributed by atoms with Crippen LogP contribution in [0.2, 0.25) is 5.02 Å². The predicted molar refractivity (Wildman–Crippen MR) is 143 cm³/mol. The maximum absolute atomic E-state index is 13.2. The van der Waals surface area contributed by atoms with Gasteiger partial charge in [-0.1, -0.05) is 24.6 Å². The highest BCUT2D eigenvalue weighted by Gasteiger charge is 2.34. The van der Waals surface area contributed by atoms with E-state index in [0.29, 0.717) is 54.4 Å². The van der Waals surface area contributed by atoms with Crippen LogP contribution in [-0.4, -0.2) is 54.0 Å². The number of piperazine rings is 1. The monoisotopic (exact) mass is 560 g/mol. The van der Waals surface area contributed by atoms with Gasteiger partial charge in [0.1, 0.15) is 11.4 Å². The van der Waals surface area contributed by atoms with Crippen molar-refractivity contribution in [3.05, 3.63) is 76.4 Å². The lowest BCUT2D eigenvalue weighted by atomic mass is 10.0. The molecule has 4 rings (SSSR count). The van der Waals surface area contributed by atoms with Gasteiger partial charge in [-0.2, -0.15) is 13.2 Å². The minimum Gasteiger partial charge on any atom is -0.492 e. The Morgan fingerprint density at radius 2 is 1.87 bits per heavy atom. The molecule has 1 aliphatic rings. The van der Waals surface area contributed by atoms with E-state index < -0.39 is 23.6 Å². The number of hydrogen-bond donors (Lipinski definition) is 1. The summed E-state index contributed by atoms with van der Waals surface area (Å²) in [6.07, 6.45) is -2.28. The fourth-order valence-corrected chi connectivity index (χ4v) is 5.01. The minimum atomic E-state index is -4.56. The second-order valence-corrected chi connectivity index (χ2v) is 9.49. The SMILES string of the molecule is CCOc1cccnc1-c1ccc(N2CCN(C(=O)c3ccc(C(F)(F)F)cc3Cl)C[C@H]2CC)c(C(N)=O)c1. The predicted octanol–water partition coefficient (Wildman–Crippen LogP) is 5.66. The highest BCUT2D eigenvalue weighted by Crippen LogP contribution is 2.35. The van der Waals surface area contributed by atoms with Crippen LogP contribution in [0.5, 0.6) is 5.75 Å². The van der Waals surface area contributed by atoms with Crippen LogP contribution in [0.1, 0.15) is 46.5 Å². The van der Waals surface area contributed by atoms with Crippen molar-refractivity contribution in [2.24, 2.45) is 5.73 Å². The zero-order chi connectivity index (χ0) is 28.3. The number of primary amides is 1. The van der Waals surface area contributed by atoms with Crippen molar-refractivity contribution in [3.63, 3.8) is 0 Å². The van der Waals surface area contributed by atoms with Gasteiger partial charge in [-0.3, -0.25) is 14.6 Å². The molecular weight excluding hydrogens is 533 g/mol. The van der Waals surface area contributed by atoms with E-state index in [1.165, 1.54) is 0 Å². The Morgan fingerprint density at radius 3 is 2.51 bits per heavy atom. The van der Waals surface area contributed by atoms with Gasteiger partial charge in [0, 0.05) is 43.1 Å². The molecule has 2 N–H and O–H groups in total. The van der Waals surface area contributed by atoms with E-state index in [-0.39, 0.29) is 23.2 Å². The minimum absolute atomic E-state index is 0.00983. The fourth-order valence-electron chi connectivity index (χ4n) is 4.75. The maximum atomic E-state index is 13.2. The number of pyridine rings is 1. The van der Waals surface area contributed by atoms with E-state index in [2.05, 4.69) is 4.98 Å². The van der Waals surface area contributed by atoms with E-state index in [4.69, 9.17) is 22.1 Å². The molecule has 11 heteroatoms. The van der Waals surface area contributed by atoms with Crippen LogP contribution >= 0.6 is 11.6 Å². The molecule has 1 atom stereocenters. The lowest BCUT2D eigenvalue weighted by Gasteiger charge is -2.43. The molecule has 7 nitrogen and oxygen atoms in total. The van der Waals surface area contributed by atoms with Gasteiger partial charge in [-0.05, 0) is 55.8 Å². The number of aromatic nitrogens is 1. The summed E-state index contributed by atoms with van der Waals surface area (Å²) in [5.74, 6) is -0.467. The quantitative estimate of drug-likeness (QED) is 0.403. The standard InChI is InChI=1S/C28H28ClF3N4O3/c1-3-19-16-35(27(38)20-9-8-18(15-22(20)29)28(30,31)32)12-13-36(19)23-10-7-17(14-21(23)26(33)37)25-24(39-4-2)6-5-11-34-25/h5-11,14-15,19H,3-4,12-13,16H2,1-2H3,(H2,33,37)/t19-/m1/s1. The highest BCUT2D eigenvalue weighted by molar-refractivity contribution is 6.33. The van der Waals surface area contributed by atoms with Crippen molar-refractivity contribution in [3.8, 4) is 17.0 Å². The summed E-state index contributed by atoms with van der Waals surface area (Å²) in [6.45, 7) is 5.24. The van der Waals surface area contributed by atoms with Crippen molar-refractivity contribution in [1.29, 1.82) is 0 Å². The Kier molecular flexibility index (Phi) is 8.34. The molecule has 0 spiro atoms. The number of carbonyl (C=O) groups excluding carboxylic acids is 2. The molecule has 2 heterocycles. The summed E-state index contributed by atoms with van der Waals surface area (Å²) >= 11 is 6.07. The van der Waals surface area contributed by atoms with E-state index >= 15 is 0 Å². The first-order valence-electron chi connectivity index (χ1n) is 12.5. The molecule has 1 saturated heterocycles. The first-order valence-corrected chi connectivity index (χ1v) is 12.9. The molecule has 3 aromatic rings. The number of benzene rings is 2. The van der Waals surface area contributed by atoms with Gasteiger partial charge < -0.3 is 20.3 Å². The van der Waals surface area contributed by atoms with Crippen molar-refractivity contribution < 1.29 is 27.5 Å². The van der Waals surface area contributed by atoms with Gasteiger partial charge in [0.2, 0.25) is 0 Å². The Bertz CT molecular complexity index is 1380. The molecule has 39 heavy (non-hydrogen) atoms. The number of ether oxygens (including phenoxy) is 1. The summed E-state index contributed by atoms with van der Waals surface area (Å²) in [5, 5.41) is -0.252. The Balaban J connectivity index is 1.60. The number of carbonyl (C=O) groups is 2. The number of alkyl halides is 3. The van der Waals surface area contributed by atoms with Crippen LogP contribution < -0.4 is 15.4 Å². The zero-order valence-corrected chi connectivity index (χ0v) is 22.2. The number of hydrogen-bond acceptors (Lipinski definition) is 5. The number of nitrogens with two attached hydrogens (primary N) is 1. The third kappa shape index (κ3) is 5.95. The molecule has 0 unspecified atom stereocenters. The van der Waals surface area contributed by atoms with Crippen molar-refractivity contribution in [2.45, 2.75) is 32.5 Å². The fraction of sp³-hybridized carbons (Fsp3) is 0.321. The average Bonchev–Trinajstić information content (AvgIpc) is 2.92. The van der Waals surface area contributed by atoms with Crippen LogP contribution in [0.15, 0.2) is 54.7 Å². The third-order valence-corrected chi connectivity index (χ3v) is 7.00. The normalized spacial score (nSPS) is 15.8. The molecule has 2 amide bonds. The van der Waals surface area contributed by atoms with E-state index in [9.17, 15) is 22.8 Å². The Labute approximate surface area is 229 Å². The summed E-state index contributed by atoms with van der Waals surface area (Å²) < 4.78 is 44.7. The summed E-state index contributed by atoms with van der Waals surface area (Å²) in [6, 6.07) is 11.5. The largest absolute Gasteiger partial charge is 0.492 e. The number of amides is 2. The zero-order valence-electron chi connectivity index (χ0n) is 21.5. The number of rotatable bonds is 7. The molecule has 1 aliphatic heterocycles. The van der Waals surface area contributed by atoms with E-state index in [1.54, 1.807) is 29.3 Å². The summed E-state index contributed by atoms with van der Waals surface area (Å²) in [7, 11) is 0. The van der Waals surface area contributed by atoms with E-state index in [1.807, 2.05) is 30.9 Å². The molecule has 0 aliphatic carbocycles. The second-order valence-electron chi connectivity index (χ2n) is 9.08. The Hall–Kier alpha value is -3.79. The lowest BCUT2D eigenvalue weighted by molar-refractivity contribution is -0.137. The molecule has 0 saturated carbocycles. The van der Waals surface area contributed by atoms with Crippen LogP contribution in [0.3, 0.4) is 0 Å². The lowest BCUT2D eigenvalue weighted by Crippen LogP contribution is -2.55. The van der Waals surface area contributed by atoms with Gasteiger partial charge in [-0.25, -0.2) is 0 Å². The smallest absolute Gasteiger partial charge is 0.416 e. The average molecular weight is 561 g/mol. The molecule has 0 bridgehead atoms. The van der Waals surface area contributed by atoms with Crippen LogP contribution in [0, 0.1) is 0 Å². The maximum Gasteiger partial charge on any atom is 0.416 e. The van der Waals surface area contributed by atoms with Crippen molar-refractivity contribution in [2.75, 3.05) is 31.1 Å². The first kappa shape index (κ1) is 28.2. The summed E-state index contributed by atoms with van der Waals surface area (Å²) in [5.41, 5.74) is 7.09. The van der Waals surface area contributed by atoms with Crippen LogP contribution in [0.4, 0.5) is 18.9 Å². The number of nitrogens with zero attached hydrogens (tertiary/aromatic N) is 3.